The fraction of sp³-hybridized carbons (Fsp3) is 0.0244. The molecule has 2 heterocycles. The molecule has 0 aliphatic heterocycles. The van der Waals surface area contributed by atoms with Crippen molar-refractivity contribution in [3.63, 3.8) is 0 Å². The first-order valence-corrected chi connectivity index (χ1v) is 15.6. The van der Waals surface area contributed by atoms with E-state index in [1.54, 1.807) is 0 Å². The molecule has 44 heavy (non-hydrogen) atoms. The number of nitrogens with zero attached hydrogens (tertiary/aromatic N) is 2. The predicted octanol–water partition coefficient (Wildman–Crippen LogP) is 11.5. The molecule has 0 aliphatic rings. The molecule has 8 rings (SSSR count). The molecular formula is C41H28N2S. The number of rotatable bonds is 5. The van der Waals surface area contributed by atoms with E-state index in [1.165, 1.54) is 48.0 Å². The van der Waals surface area contributed by atoms with Gasteiger partial charge in [-0.2, -0.15) is 0 Å². The average molecular weight is 581 g/mol. The lowest BCUT2D eigenvalue weighted by molar-refractivity contribution is 1.18. The van der Waals surface area contributed by atoms with Crippen LogP contribution in [0.3, 0.4) is 0 Å². The van der Waals surface area contributed by atoms with Crippen LogP contribution in [-0.4, -0.2) is 9.97 Å². The van der Waals surface area contributed by atoms with Gasteiger partial charge in [0.2, 0.25) is 0 Å². The molecular weight excluding hydrogens is 553 g/mol. The van der Waals surface area contributed by atoms with Crippen molar-refractivity contribution in [1.82, 2.24) is 9.97 Å². The maximum atomic E-state index is 5.07. The maximum Gasteiger partial charge on any atom is 0.160 e. The average Bonchev–Trinajstić information content (AvgIpc) is 3.47. The van der Waals surface area contributed by atoms with Crippen LogP contribution in [-0.2, 0) is 0 Å². The molecule has 0 unspecified atom stereocenters. The van der Waals surface area contributed by atoms with E-state index in [2.05, 4.69) is 146 Å². The number of aryl methyl sites for hydroxylation is 1. The van der Waals surface area contributed by atoms with Crippen molar-refractivity contribution >= 4 is 31.5 Å². The fourth-order valence-electron chi connectivity index (χ4n) is 5.93. The number of thiophene rings is 1. The Bertz CT molecular complexity index is 2230. The first kappa shape index (κ1) is 26.3. The Balaban J connectivity index is 1.22. The third-order valence-corrected chi connectivity index (χ3v) is 9.40. The highest BCUT2D eigenvalue weighted by Gasteiger charge is 2.13. The van der Waals surface area contributed by atoms with E-state index in [-0.39, 0.29) is 0 Å². The van der Waals surface area contributed by atoms with Gasteiger partial charge in [-0.25, -0.2) is 9.97 Å². The highest BCUT2D eigenvalue weighted by Crippen LogP contribution is 2.38. The molecule has 0 spiro atoms. The standard InChI is InChI=1S/C41H28N2S/c1-27-19-20-33(41-42-37(28-11-4-2-5-12-28)26-38(43-41)29-13-6-3-7-14-29)25-35(27)32-16-10-15-30(23-32)31-21-22-40-36(24-31)34-17-8-9-18-39(34)44-40/h2-26H,1H3. The Morgan fingerprint density at radius 1 is 0.409 bits per heavy atom. The van der Waals surface area contributed by atoms with E-state index >= 15 is 0 Å². The van der Waals surface area contributed by atoms with E-state index < -0.39 is 0 Å². The molecule has 0 N–H and O–H groups in total. The monoisotopic (exact) mass is 580 g/mol. The Labute approximate surface area is 261 Å². The van der Waals surface area contributed by atoms with Crippen LogP contribution in [0, 0.1) is 6.92 Å². The number of benzene rings is 6. The summed E-state index contributed by atoms with van der Waals surface area (Å²) in [5.41, 5.74) is 11.0. The van der Waals surface area contributed by atoms with Crippen molar-refractivity contribution in [1.29, 1.82) is 0 Å². The molecule has 0 aliphatic carbocycles. The molecule has 0 amide bonds. The lowest BCUT2D eigenvalue weighted by atomic mass is 9.94. The first-order valence-electron chi connectivity index (χ1n) is 14.8. The zero-order chi connectivity index (χ0) is 29.5. The van der Waals surface area contributed by atoms with Gasteiger partial charge in [-0.3, -0.25) is 0 Å². The molecule has 208 valence electrons. The summed E-state index contributed by atoms with van der Waals surface area (Å²) < 4.78 is 2.65. The van der Waals surface area contributed by atoms with Gasteiger partial charge in [0, 0.05) is 36.9 Å². The van der Waals surface area contributed by atoms with Gasteiger partial charge in [0.05, 0.1) is 11.4 Å². The van der Waals surface area contributed by atoms with E-state index in [9.17, 15) is 0 Å². The summed E-state index contributed by atoms with van der Waals surface area (Å²) in [6.45, 7) is 2.17. The summed E-state index contributed by atoms with van der Waals surface area (Å²) in [6.07, 6.45) is 0. The minimum atomic E-state index is 0.720. The number of aromatic nitrogens is 2. The van der Waals surface area contributed by atoms with Crippen molar-refractivity contribution in [2.45, 2.75) is 6.92 Å². The van der Waals surface area contributed by atoms with E-state index in [1.807, 2.05) is 23.5 Å². The van der Waals surface area contributed by atoms with Crippen molar-refractivity contribution < 1.29 is 0 Å². The van der Waals surface area contributed by atoms with E-state index in [4.69, 9.17) is 9.97 Å². The lowest BCUT2D eigenvalue weighted by Crippen LogP contribution is -1.96. The summed E-state index contributed by atoms with van der Waals surface area (Å²) in [4.78, 5) is 10.1. The second kappa shape index (κ2) is 11.0. The molecule has 6 aromatic carbocycles. The van der Waals surface area contributed by atoms with Gasteiger partial charge in [-0.15, -0.1) is 11.3 Å². The number of hydrogen-bond donors (Lipinski definition) is 0. The molecule has 2 aromatic heterocycles. The van der Waals surface area contributed by atoms with Crippen molar-refractivity contribution in [2.75, 3.05) is 0 Å². The van der Waals surface area contributed by atoms with Gasteiger partial charge in [0.15, 0.2) is 5.82 Å². The molecule has 0 saturated carbocycles. The van der Waals surface area contributed by atoms with Gasteiger partial charge < -0.3 is 0 Å². The summed E-state index contributed by atoms with van der Waals surface area (Å²) in [7, 11) is 0. The van der Waals surface area contributed by atoms with Crippen LogP contribution < -0.4 is 0 Å². The van der Waals surface area contributed by atoms with Gasteiger partial charge in [-0.1, -0.05) is 115 Å². The second-order valence-corrected chi connectivity index (χ2v) is 12.2. The van der Waals surface area contributed by atoms with Crippen LogP contribution in [0.15, 0.2) is 152 Å². The molecule has 0 atom stereocenters. The van der Waals surface area contributed by atoms with Crippen LogP contribution in [0.2, 0.25) is 0 Å². The van der Waals surface area contributed by atoms with Crippen molar-refractivity contribution in [3.05, 3.63) is 157 Å². The summed E-state index contributed by atoms with van der Waals surface area (Å²) in [5.74, 6) is 0.720. The van der Waals surface area contributed by atoms with Crippen LogP contribution in [0.5, 0.6) is 0 Å². The molecule has 0 saturated heterocycles. The third-order valence-electron chi connectivity index (χ3n) is 8.24. The minimum absolute atomic E-state index is 0.720. The third kappa shape index (κ3) is 4.88. The number of hydrogen-bond acceptors (Lipinski definition) is 3. The normalized spacial score (nSPS) is 11.3. The van der Waals surface area contributed by atoms with Crippen molar-refractivity contribution in [2.24, 2.45) is 0 Å². The summed E-state index contributed by atoms with van der Waals surface area (Å²) in [6, 6.07) is 53.7. The van der Waals surface area contributed by atoms with Crippen LogP contribution in [0.25, 0.3) is 76.3 Å². The van der Waals surface area contributed by atoms with E-state index in [0.717, 1.165) is 33.9 Å². The highest BCUT2D eigenvalue weighted by atomic mass is 32.1. The first-order chi connectivity index (χ1) is 21.7. The maximum absolute atomic E-state index is 5.07. The predicted molar refractivity (Wildman–Crippen MR) is 187 cm³/mol. The Kier molecular flexibility index (Phi) is 6.59. The Morgan fingerprint density at radius 2 is 1.00 bits per heavy atom. The zero-order valence-electron chi connectivity index (χ0n) is 24.2. The Hall–Kier alpha value is -5.38. The van der Waals surface area contributed by atoms with Crippen LogP contribution in [0.4, 0.5) is 0 Å². The zero-order valence-corrected chi connectivity index (χ0v) is 25.1. The quantitative estimate of drug-likeness (QED) is 0.202. The molecule has 0 fully saturated rings. The fourth-order valence-corrected chi connectivity index (χ4v) is 7.02. The highest BCUT2D eigenvalue weighted by molar-refractivity contribution is 7.25. The molecule has 8 aromatic rings. The summed E-state index contributed by atoms with van der Waals surface area (Å²) in [5, 5.41) is 2.64. The van der Waals surface area contributed by atoms with Crippen LogP contribution in [0.1, 0.15) is 5.56 Å². The topological polar surface area (TPSA) is 25.8 Å². The van der Waals surface area contributed by atoms with Crippen molar-refractivity contribution in [3.8, 4) is 56.2 Å². The van der Waals surface area contributed by atoms with Crippen LogP contribution >= 0.6 is 11.3 Å². The molecule has 0 bridgehead atoms. The van der Waals surface area contributed by atoms with Gasteiger partial charge >= 0.3 is 0 Å². The summed E-state index contributed by atoms with van der Waals surface area (Å²) >= 11 is 1.85. The lowest BCUT2D eigenvalue weighted by Gasteiger charge is -2.13. The smallest absolute Gasteiger partial charge is 0.160 e. The Morgan fingerprint density at radius 3 is 1.75 bits per heavy atom. The SMILES string of the molecule is Cc1ccc(-c2nc(-c3ccccc3)cc(-c3ccccc3)n2)cc1-c1cccc(-c2ccc3sc4ccccc4c3c2)c1. The van der Waals surface area contributed by atoms with E-state index in [0.29, 0.717) is 0 Å². The molecule has 0 radical (unpaired) electrons. The molecule has 2 nitrogen and oxygen atoms in total. The van der Waals surface area contributed by atoms with Gasteiger partial charge in [0.25, 0.3) is 0 Å². The van der Waals surface area contributed by atoms with Gasteiger partial charge in [-0.05, 0) is 71.1 Å². The molecule has 3 heteroatoms. The number of fused-ring (bicyclic) bond motifs is 3. The minimum Gasteiger partial charge on any atom is -0.228 e. The van der Waals surface area contributed by atoms with Gasteiger partial charge in [0.1, 0.15) is 0 Å². The second-order valence-electron chi connectivity index (χ2n) is 11.1. The largest absolute Gasteiger partial charge is 0.228 e.